The smallest absolute Gasteiger partial charge is 0.260 e. The van der Waals surface area contributed by atoms with E-state index in [1.165, 1.54) is 11.3 Å². The number of nitrogens with zero attached hydrogens (tertiary/aromatic N) is 4. The van der Waals surface area contributed by atoms with Gasteiger partial charge in [-0.15, -0.1) is 0 Å². The third-order valence-corrected chi connectivity index (χ3v) is 6.64. The van der Waals surface area contributed by atoms with Gasteiger partial charge in [0.2, 0.25) is 0 Å². The minimum absolute atomic E-state index is 0.119. The van der Waals surface area contributed by atoms with Crippen molar-refractivity contribution in [2.45, 2.75) is 27.3 Å². The Kier molecular flexibility index (Phi) is 5.98. The van der Waals surface area contributed by atoms with Crippen molar-refractivity contribution >= 4 is 44.2 Å². The summed E-state index contributed by atoms with van der Waals surface area (Å²) in [6.07, 6.45) is 0. The number of halogens is 1. The van der Waals surface area contributed by atoms with Gasteiger partial charge in [0, 0.05) is 22.8 Å². The summed E-state index contributed by atoms with van der Waals surface area (Å²) in [5.41, 5.74) is 4.32. The van der Waals surface area contributed by atoms with E-state index >= 15 is 0 Å². The van der Waals surface area contributed by atoms with Gasteiger partial charge in [0.15, 0.2) is 5.13 Å². The summed E-state index contributed by atoms with van der Waals surface area (Å²) in [5.74, 6) is 0.586. The molecule has 0 saturated heterocycles. The van der Waals surface area contributed by atoms with Gasteiger partial charge in [0.1, 0.15) is 5.75 Å². The number of aryl methyl sites for hydroxylation is 3. The molecule has 0 saturated carbocycles. The third kappa shape index (κ3) is 4.29. The Bertz CT molecular complexity index is 1250. The number of ether oxygens (including phenoxy) is 1. The van der Waals surface area contributed by atoms with E-state index < -0.39 is 0 Å². The van der Waals surface area contributed by atoms with Gasteiger partial charge in [-0.25, -0.2) is 4.98 Å². The van der Waals surface area contributed by atoms with Crippen LogP contribution in [0.4, 0.5) is 5.13 Å². The maximum atomic E-state index is 13.5. The zero-order valence-electron chi connectivity index (χ0n) is 17.8. The normalized spacial score (nSPS) is 11.1. The number of amides is 1. The predicted octanol–water partition coefficient (Wildman–Crippen LogP) is 5.43. The van der Waals surface area contributed by atoms with Crippen LogP contribution in [0.2, 0.25) is 5.02 Å². The summed E-state index contributed by atoms with van der Waals surface area (Å²) in [6, 6.07) is 13.0. The number of rotatable bonds is 6. The summed E-state index contributed by atoms with van der Waals surface area (Å²) in [6.45, 7) is 6.93. The summed E-state index contributed by atoms with van der Waals surface area (Å²) < 4.78 is 8.13. The number of carbonyl (C=O) groups excluding carboxylic acids is 1. The van der Waals surface area contributed by atoms with Gasteiger partial charge in [-0.2, -0.15) is 5.10 Å². The Hall–Kier alpha value is -2.90. The predicted molar refractivity (Wildman–Crippen MR) is 126 cm³/mol. The number of hydrogen-bond donors (Lipinski definition) is 0. The molecule has 0 N–H and O–H groups in total. The minimum atomic E-state index is -0.119. The molecule has 6 nitrogen and oxygen atoms in total. The molecule has 0 aliphatic heterocycles. The topological polar surface area (TPSA) is 60.2 Å². The fourth-order valence-corrected chi connectivity index (χ4v) is 4.68. The molecule has 0 fully saturated rings. The lowest BCUT2D eigenvalue weighted by Crippen LogP contribution is -2.34. The Morgan fingerprint density at radius 1 is 1.16 bits per heavy atom. The molecule has 2 aromatic heterocycles. The van der Waals surface area contributed by atoms with Gasteiger partial charge in [0.25, 0.3) is 5.91 Å². The molecule has 4 aromatic rings. The van der Waals surface area contributed by atoms with Gasteiger partial charge in [-0.05, 0) is 68.8 Å². The van der Waals surface area contributed by atoms with Crippen LogP contribution in [0, 0.1) is 20.8 Å². The van der Waals surface area contributed by atoms with Gasteiger partial charge >= 0.3 is 0 Å². The number of thiazole rings is 1. The molecular weight excluding hydrogens is 432 g/mol. The van der Waals surface area contributed by atoms with E-state index in [2.05, 4.69) is 5.10 Å². The van der Waals surface area contributed by atoms with Crippen LogP contribution in [0.5, 0.6) is 5.75 Å². The summed E-state index contributed by atoms with van der Waals surface area (Å²) in [5, 5.41) is 5.83. The average molecular weight is 455 g/mol. The highest BCUT2D eigenvalue weighted by molar-refractivity contribution is 7.22. The summed E-state index contributed by atoms with van der Waals surface area (Å²) >= 11 is 7.77. The molecule has 0 atom stereocenters. The van der Waals surface area contributed by atoms with Crippen molar-refractivity contribution in [2.75, 3.05) is 18.6 Å². The van der Waals surface area contributed by atoms with Gasteiger partial charge in [-0.3, -0.25) is 14.4 Å². The Labute approximate surface area is 190 Å². The molecule has 1 amide bonds. The lowest BCUT2D eigenvalue weighted by Gasteiger charge is -2.20. The average Bonchev–Trinajstić information content (AvgIpc) is 3.34. The van der Waals surface area contributed by atoms with Crippen molar-refractivity contribution in [1.82, 2.24) is 14.8 Å². The number of hydrogen-bond acceptors (Lipinski definition) is 5. The Morgan fingerprint density at radius 3 is 2.55 bits per heavy atom. The van der Waals surface area contributed by atoms with Crippen molar-refractivity contribution in [1.29, 1.82) is 0 Å². The Balaban J connectivity index is 1.71. The van der Waals surface area contributed by atoms with Gasteiger partial charge in [0.05, 0.1) is 29.6 Å². The molecule has 160 valence electrons. The highest BCUT2D eigenvalue weighted by Crippen LogP contribution is 2.34. The molecule has 0 spiro atoms. The molecule has 0 unspecified atom stereocenters. The monoisotopic (exact) mass is 454 g/mol. The third-order valence-electron chi connectivity index (χ3n) is 5.19. The van der Waals surface area contributed by atoms with E-state index in [0.717, 1.165) is 27.2 Å². The number of methoxy groups -OCH3 is 1. The minimum Gasteiger partial charge on any atom is -0.497 e. The van der Waals surface area contributed by atoms with E-state index in [-0.39, 0.29) is 5.91 Å². The second kappa shape index (κ2) is 8.69. The summed E-state index contributed by atoms with van der Waals surface area (Å²) in [4.78, 5) is 20.0. The zero-order chi connectivity index (χ0) is 22.1. The maximum absolute atomic E-state index is 13.5. The number of benzene rings is 2. The molecule has 2 heterocycles. The highest BCUT2D eigenvalue weighted by atomic mass is 35.5. The first kappa shape index (κ1) is 21.3. The van der Waals surface area contributed by atoms with Crippen molar-refractivity contribution in [3.05, 3.63) is 70.0 Å². The van der Waals surface area contributed by atoms with Gasteiger partial charge in [-0.1, -0.05) is 22.9 Å². The zero-order valence-corrected chi connectivity index (χ0v) is 19.4. The highest BCUT2D eigenvalue weighted by Gasteiger charge is 2.22. The fourth-order valence-electron chi connectivity index (χ4n) is 3.47. The molecule has 0 aliphatic rings. The van der Waals surface area contributed by atoms with Crippen molar-refractivity contribution in [3.63, 3.8) is 0 Å². The standard InChI is InChI=1S/C23H23ClN4O2S/c1-14-13-15(2)28(26-14)12-11-27(22(29)17-5-7-18(30-4)8-6-17)23-25-21-16(3)19(24)9-10-20(21)31-23/h5-10,13H,11-12H2,1-4H3. The van der Waals surface area contributed by atoms with Gasteiger partial charge < -0.3 is 4.74 Å². The molecule has 0 aliphatic carbocycles. The molecular formula is C23H23ClN4O2S. The Morgan fingerprint density at radius 2 is 1.90 bits per heavy atom. The van der Waals surface area contributed by atoms with Crippen LogP contribution in [0.3, 0.4) is 0 Å². The van der Waals surface area contributed by atoms with Crippen LogP contribution in [0.25, 0.3) is 10.2 Å². The van der Waals surface area contributed by atoms with Crippen LogP contribution in [-0.4, -0.2) is 34.3 Å². The van der Waals surface area contributed by atoms with Crippen LogP contribution in [0.15, 0.2) is 42.5 Å². The maximum Gasteiger partial charge on any atom is 0.260 e. The van der Waals surface area contributed by atoms with Crippen LogP contribution >= 0.6 is 22.9 Å². The van der Waals surface area contributed by atoms with E-state index in [4.69, 9.17) is 21.3 Å². The lowest BCUT2D eigenvalue weighted by molar-refractivity contribution is 0.0985. The second-order valence-corrected chi connectivity index (χ2v) is 8.77. The first-order valence-corrected chi connectivity index (χ1v) is 11.1. The van der Waals surface area contributed by atoms with Crippen LogP contribution < -0.4 is 9.64 Å². The van der Waals surface area contributed by atoms with Crippen molar-refractivity contribution < 1.29 is 9.53 Å². The number of fused-ring (bicyclic) bond motifs is 1. The van der Waals surface area contributed by atoms with Crippen LogP contribution in [0.1, 0.15) is 27.3 Å². The largest absolute Gasteiger partial charge is 0.497 e. The molecule has 31 heavy (non-hydrogen) atoms. The van der Waals surface area contributed by atoms with E-state index in [9.17, 15) is 4.79 Å². The number of aromatic nitrogens is 3. The molecule has 2 aromatic carbocycles. The fraction of sp³-hybridized carbons (Fsp3) is 0.261. The quantitative estimate of drug-likeness (QED) is 0.390. The number of anilines is 1. The number of carbonyl (C=O) groups is 1. The first-order valence-electron chi connectivity index (χ1n) is 9.90. The second-order valence-electron chi connectivity index (χ2n) is 7.35. The molecule has 0 radical (unpaired) electrons. The molecule has 0 bridgehead atoms. The van der Waals surface area contributed by atoms with E-state index in [1.807, 2.05) is 43.7 Å². The molecule has 8 heteroatoms. The van der Waals surface area contributed by atoms with E-state index in [0.29, 0.717) is 34.6 Å². The summed E-state index contributed by atoms with van der Waals surface area (Å²) in [7, 11) is 1.60. The first-order chi connectivity index (χ1) is 14.9. The van der Waals surface area contributed by atoms with E-state index in [1.54, 1.807) is 36.3 Å². The van der Waals surface area contributed by atoms with Crippen molar-refractivity contribution in [3.8, 4) is 5.75 Å². The SMILES string of the molecule is COc1ccc(C(=O)N(CCn2nc(C)cc2C)c2nc3c(C)c(Cl)ccc3s2)cc1. The van der Waals surface area contributed by atoms with Crippen molar-refractivity contribution in [2.24, 2.45) is 0 Å². The van der Waals surface area contributed by atoms with Crippen LogP contribution in [-0.2, 0) is 6.54 Å². The lowest BCUT2D eigenvalue weighted by atomic mass is 10.2. The molecule has 4 rings (SSSR count).